The highest BCUT2D eigenvalue weighted by Gasteiger charge is 2.32. The predicted molar refractivity (Wildman–Crippen MR) is 85.3 cm³/mol. The topological polar surface area (TPSA) is 38.5 Å². The van der Waals surface area contributed by atoms with E-state index < -0.39 is 0 Å². The Bertz CT molecular complexity index is 429. The van der Waals surface area contributed by atoms with E-state index in [4.69, 9.17) is 10.5 Å². The highest BCUT2D eigenvalue weighted by Crippen LogP contribution is 2.37. The molecule has 112 valence electrons. The van der Waals surface area contributed by atoms with Gasteiger partial charge in [0, 0.05) is 25.4 Å². The lowest BCUT2D eigenvalue weighted by molar-refractivity contribution is 0.202. The molecular formula is C17H28N2O. The van der Waals surface area contributed by atoms with Crippen LogP contribution >= 0.6 is 0 Å². The summed E-state index contributed by atoms with van der Waals surface area (Å²) in [7, 11) is 1.77. The van der Waals surface area contributed by atoms with Crippen molar-refractivity contribution in [2.75, 3.05) is 31.7 Å². The van der Waals surface area contributed by atoms with Crippen LogP contribution in [0, 0.1) is 12.8 Å². The van der Waals surface area contributed by atoms with Crippen molar-refractivity contribution in [2.24, 2.45) is 11.7 Å². The zero-order valence-corrected chi connectivity index (χ0v) is 13.1. The fourth-order valence-electron chi connectivity index (χ4n) is 2.93. The van der Waals surface area contributed by atoms with Crippen LogP contribution in [-0.4, -0.2) is 32.8 Å². The lowest BCUT2D eigenvalue weighted by atomic mass is 10.0. The van der Waals surface area contributed by atoms with E-state index >= 15 is 0 Å². The van der Waals surface area contributed by atoms with Crippen molar-refractivity contribution in [1.82, 2.24) is 0 Å². The molecule has 1 aliphatic rings. The van der Waals surface area contributed by atoms with Gasteiger partial charge >= 0.3 is 0 Å². The third-order valence-electron chi connectivity index (χ3n) is 4.34. The summed E-state index contributed by atoms with van der Waals surface area (Å²) in [5.74, 6) is 0.856. The van der Waals surface area contributed by atoms with Gasteiger partial charge in [0.2, 0.25) is 0 Å². The van der Waals surface area contributed by atoms with E-state index in [0.29, 0.717) is 12.6 Å². The number of hydrogen-bond acceptors (Lipinski definition) is 3. The molecule has 0 saturated heterocycles. The molecule has 1 fully saturated rings. The van der Waals surface area contributed by atoms with Crippen LogP contribution in [0.4, 0.5) is 5.69 Å². The van der Waals surface area contributed by atoms with Gasteiger partial charge in [0.1, 0.15) is 0 Å². The molecule has 2 N–H and O–H groups in total. The molecule has 0 heterocycles. The van der Waals surface area contributed by atoms with E-state index in [9.17, 15) is 0 Å². The Morgan fingerprint density at radius 1 is 1.40 bits per heavy atom. The van der Waals surface area contributed by atoms with Gasteiger partial charge < -0.3 is 15.4 Å². The van der Waals surface area contributed by atoms with Gasteiger partial charge in [0.15, 0.2) is 0 Å². The molecular weight excluding hydrogens is 248 g/mol. The Kier molecular flexibility index (Phi) is 5.44. The summed E-state index contributed by atoms with van der Waals surface area (Å²) >= 11 is 0. The number of nitrogens with zero attached hydrogens (tertiary/aromatic N) is 1. The first kappa shape index (κ1) is 15.3. The van der Waals surface area contributed by atoms with Gasteiger partial charge in [-0.3, -0.25) is 0 Å². The van der Waals surface area contributed by atoms with E-state index in [-0.39, 0.29) is 0 Å². The van der Waals surface area contributed by atoms with Crippen LogP contribution in [-0.2, 0) is 11.2 Å². The van der Waals surface area contributed by atoms with Gasteiger partial charge in [0.05, 0.1) is 6.61 Å². The number of aryl methyl sites for hydroxylation is 1. The maximum absolute atomic E-state index is 5.64. The Hall–Kier alpha value is -1.06. The minimum atomic E-state index is 0.601. The normalized spacial score (nSPS) is 16.2. The maximum atomic E-state index is 5.64. The maximum Gasteiger partial charge on any atom is 0.0637 e. The third kappa shape index (κ3) is 3.74. The minimum absolute atomic E-state index is 0.601. The Morgan fingerprint density at radius 2 is 2.15 bits per heavy atom. The van der Waals surface area contributed by atoms with E-state index in [2.05, 4.69) is 36.9 Å². The Balaban J connectivity index is 2.18. The van der Waals surface area contributed by atoms with Crippen LogP contribution in [0.3, 0.4) is 0 Å². The van der Waals surface area contributed by atoms with Crippen molar-refractivity contribution >= 4 is 5.69 Å². The third-order valence-corrected chi connectivity index (χ3v) is 4.34. The molecule has 1 atom stereocenters. The van der Waals surface area contributed by atoms with Gasteiger partial charge in [-0.2, -0.15) is 0 Å². The molecule has 3 heteroatoms. The molecule has 1 saturated carbocycles. The van der Waals surface area contributed by atoms with Crippen molar-refractivity contribution in [3.8, 4) is 0 Å². The van der Waals surface area contributed by atoms with Crippen molar-refractivity contribution < 1.29 is 4.74 Å². The zero-order valence-electron chi connectivity index (χ0n) is 13.1. The standard InChI is InChI=1S/C17H28N2O/c1-13-12-15(8-9-18)4-7-17(13)19(10-11-20-3)14(2)16-5-6-16/h4,7,12,14,16H,5-6,8-11,18H2,1-3H3. The zero-order chi connectivity index (χ0) is 14.5. The molecule has 2 rings (SSSR count). The quantitative estimate of drug-likeness (QED) is 0.793. The lowest BCUT2D eigenvalue weighted by Gasteiger charge is -2.33. The molecule has 1 unspecified atom stereocenters. The molecule has 3 nitrogen and oxygen atoms in total. The average Bonchev–Trinajstić information content (AvgIpc) is 3.25. The van der Waals surface area contributed by atoms with Crippen molar-refractivity contribution in [2.45, 2.75) is 39.2 Å². The summed E-state index contributed by atoms with van der Waals surface area (Å²) in [4.78, 5) is 2.52. The van der Waals surface area contributed by atoms with E-state index in [1.165, 1.54) is 29.7 Å². The summed E-state index contributed by atoms with van der Waals surface area (Å²) in [6, 6.07) is 7.36. The lowest BCUT2D eigenvalue weighted by Crippen LogP contribution is -2.37. The second kappa shape index (κ2) is 7.09. The van der Waals surface area contributed by atoms with E-state index in [1.807, 2.05) is 0 Å². The fourth-order valence-corrected chi connectivity index (χ4v) is 2.93. The molecule has 0 aromatic heterocycles. The molecule has 0 aliphatic heterocycles. The second-order valence-electron chi connectivity index (χ2n) is 5.92. The molecule has 1 aliphatic carbocycles. The molecule has 1 aromatic rings. The second-order valence-corrected chi connectivity index (χ2v) is 5.92. The molecule has 0 spiro atoms. The molecule has 0 amide bonds. The number of anilines is 1. The van der Waals surface area contributed by atoms with Crippen LogP contribution < -0.4 is 10.6 Å². The van der Waals surface area contributed by atoms with Crippen molar-refractivity contribution in [3.63, 3.8) is 0 Å². The van der Waals surface area contributed by atoms with Crippen LogP contribution in [0.5, 0.6) is 0 Å². The van der Waals surface area contributed by atoms with Crippen LogP contribution in [0.1, 0.15) is 30.9 Å². The first-order chi connectivity index (χ1) is 9.67. The molecule has 20 heavy (non-hydrogen) atoms. The Morgan fingerprint density at radius 3 is 2.70 bits per heavy atom. The monoisotopic (exact) mass is 276 g/mol. The first-order valence-corrected chi connectivity index (χ1v) is 7.72. The number of nitrogens with two attached hydrogens (primary N) is 1. The van der Waals surface area contributed by atoms with Gasteiger partial charge in [-0.1, -0.05) is 12.1 Å². The molecule has 0 radical (unpaired) electrons. The van der Waals surface area contributed by atoms with E-state index in [0.717, 1.165) is 25.5 Å². The highest BCUT2D eigenvalue weighted by atomic mass is 16.5. The van der Waals surface area contributed by atoms with Gasteiger partial charge in [0.25, 0.3) is 0 Å². The first-order valence-electron chi connectivity index (χ1n) is 7.72. The van der Waals surface area contributed by atoms with Gasteiger partial charge in [-0.15, -0.1) is 0 Å². The summed E-state index contributed by atoms with van der Waals surface area (Å²) in [6.07, 6.45) is 3.70. The smallest absolute Gasteiger partial charge is 0.0637 e. The number of methoxy groups -OCH3 is 1. The van der Waals surface area contributed by atoms with Crippen molar-refractivity contribution in [3.05, 3.63) is 29.3 Å². The molecule has 0 bridgehead atoms. The molecule has 1 aromatic carbocycles. The van der Waals surface area contributed by atoms with Crippen LogP contribution in [0.15, 0.2) is 18.2 Å². The number of hydrogen-bond donors (Lipinski definition) is 1. The van der Waals surface area contributed by atoms with Gasteiger partial charge in [-0.25, -0.2) is 0 Å². The number of ether oxygens (including phenoxy) is 1. The summed E-state index contributed by atoms with van der Waals surface area (Å²) in [5, 5.41) is 0. The minimum Gasteiger partial charge on any atom is -0.383 e. The van der Waals surface area contributed by atoms with Crippen molar-refractivity contribution in [1.29, 1.82) is 0 Å². The number of benzene rings is 1. The Labute approximate surface area is 123 Å². The summed E-state index contributed by atoms with van der Waals surface area (Å²) in [5.41, 5.74) is 9.67. The number of rotatable bonds is 8. The largest absolute Gasteiger partial charge is 0.383 e. The van der Waals surface area contributed by atoms with Crippen LogP contribution in [0.2, 0.25) is 0 Å². The fraction of sp³-hybridized carbons (Fsp3) is 0.647. The predicted octanol–water partition coefficient (Wildman–Crippen LogP) is 2.75. The SMILES string of the molecule is COCCN(c1ccc(CCN)cc1C)C(C)C1CC1. The average molecular weight is 276 g/mol. The van der Waals surface area contributed by atoms with E-state index in [1.54, 1.807) is 7.11 Å². The highest BCUT2D eigenvalue weighted by molar-refractivity contribution is 5.55. The van der Waals surface area contributed by atoms with Gasteiger partial charge in [-0.05, 0) is 62.8 Å². The summed E-state index contributed by atoms with van der Waals surface area (Å²) in [6.45, 7) is 7.01. The van der Waals surface area contributed by atoms with Crippen LogP contribution in [0.25, 0.3) is 0 Å². The summed E-state index contributed by atoms with van der Waals surface area (Å²) < 4.78 is 5.29.